The third-order valence-corrected chi connectivity index (χ3v) is 3.42. The average molecular weight is 310 g/mol. The maximum absolute atomic E-state index is 13.5. The summed E-state index contributed by atoms with van der Waals surface area (Å²) in [4.78, 5) is 27.3. The third-order valence-electron chi connectivity index (χ3n) is 2.53. The zero-order valence-corrected chi connectivity index (χ0v) is 12.0. The Labute approximate surface area is 123 Å². The number of benzene rings is 1. The summed E-state index contributed by atoms with van der Waals surface area (Å²) in [5.74, 6) is -1.67. The van der Waals surface area contributed by atoms with Gasteiger partial charge in [0.15, 0.2) is 16.7 Å². The number of nitrogens with zero attached hydrogens (tertiary/aromatic N) is 1. The second-order valence-corrected chi connectivity index (χ2v) is 4.86. The summed E-state index contributed by atoms with van der Waals surface area (Å²) in [6.45, 7) is 0. The van der Waals surface area contributed by atoms with Crippen LogP contribution in [0, 0.1) is 5.82 Å². The summed E-state index contributed by atoms with van der Waals surface area (Å²) in [6, 6.07) is 3.83. The molecule has 8 heteroatoms. The fourth-order valence-electron chi connectivity index (χ4n) is 1.50. The van der Waals surface area contributed by atoms with Gasteiger partial charge >= 0.3 is 5.97 Å². The lowest BCUT2D eigenvalue weighted by Gasteiger charge is -2.04. The molecule has 0 spiro atoms. The summed E-state index contributed by atoms with van der Waals surface area (Å²) >= 11 is 0.964. The fourth-order valence-corrected chi connectivity index (χ4v) is 2.23. The van der Waals surface area contributed by atoms with Gasteiger partial charge in [-0.3, -0.25) is 10.1 Å². The SMILES string of the molecule is COC(=O)c1cnc(NC(=O)c2ccc(OC)c(F)c2)s1. The number of thiazole rings is 1. The van der Waals surface area contributed by atoms with E-state index < -0.39 is 17.7 Å². The number of methoxy groups -OCH3 is 2. The molecule has 0 bridgehead atoms. The summed E-state index contributed by atoms with van der Waals surface area (Å²) in [6.07, 6.45) is 1.29. The molecule has 2 rings (SSSR count). The number of aromatic nitrogens is 1. The van der Waals surface area contributed by atoms with E-state index in [1.807, 2.05) is 0 Å². The molecular weight excluding hydrogens is 299 g/mol. The molecule has 0 aliphatic carbocycles. The first kappa shape index (κ1) is 14.9. The summed E-state index contributed by atoms with van der Waals surface area (Å²) in [5.41, 5.74) is 0.114. The molecule has 0 aliphatic rings. The standard InChI is InChI=1S/C13H11FN2O4S/c1-19-9-4-3-7(5-8(9)14)11(17)16-13-15-6-10(21-13)12(18)20-2/h3-6H,1-2H3,(H,15,16,17). The van der Waals surface area contributed by atoms with Gasteiger partial charge in [0, 0.05) is 5.56 Å². The van der Waals surface area contributed by atoms with Gasteiger partial charge in [0.2, 0.25) is 0 Å². The van der Waals surface area contributed by atoms with Crippen LogP contribution in [0.4, 0.5) is 9.52 Å². The largest absolute Gasteiger partial charge is 0.494 e. The first-order valence-corrected chi connectivity index (χ1v) is 6.56. The molecule has 6 nitrogen and oxygen atoms in total. The van der Waals surface area contributed by atoms with Crippen LogP contribution < -0.4 is 10.1 Å². The summed E-state index contributed by atoms with van der Waals surface area (Å²) in [5, 5.41) is 2.69. The number of halogens is 1. The van der Waals surface area contributed by atoms with Crippen molar-refractivity contribution in [1.82, 2.24) is 4.98 Å². The number of anilines is 1. The van der Waals surface area contributed by atoms with E-state index in [1.54, 1.807) is 0 Å². The Morgan fingerprint density at radius 1 is 1.33 bits per heavy atom. The number of esters is 1. The highest BCUT2D eigenvalue weighted by atomic mass is 32.1. The smallest absolute Gasteiger partial charge is 0.349 e. The molecule has 0 saturated heterocycles. The molecule has 0 aliphatic heterocycles. The molecule has 0 fully saturated rings. The molecule has 0 radical (unpaired) electrons. The van der Waals surface area contributed by atoms with Gasteiger partial charge in [0.05, 0.1) is 20.4 Å². The van der Waals surface area contributed by atoms with E-state index in [1.165, 1.54) is 32.5 Å². The number of amides is 1. The Kier molecular flexibility index (Phi) is 4.49. The van der Waals surface area contributed by atoms with Crippen LogP contribution in [0.5, 0.6) is 5.75 Å². The maximum Gasteiger partial charge on any atom is 0.349 e. The molecule has 0 saturated carbocycles. The van der Waals surface area contributed by atoms with E-state index in [4.69, 9.17) is 4.74 Å². The molecule has 1 heterocycles. The molecule has 110 valence electrons. The Hall–Kier alpha value is -2.48. The van der Waals surface area contributed by atoms with Gasteiger partial charge in [-0.05, 0) is 18.2 Å². The predicted molar refractivity (Wildman–Crippen MR) is 74.4 cm³/mol. The van der Waals surface area contributed by atoms with Crippen LogP contribution >= 0.6 is 11.3 Å². The van der Waals surface area contributed by atoms with Gasteiger partial charge in [0.1, 0.15) is 4.88 Å². The lowest BCUT2D eigenvalue weighted by molar-refractivity contribution is 0.0606. The molecule has 1 aromatic heterocycles. The minimum absolute atomic E-state index is 0.0498. The highest BCUT2D eigenvalue weighted by Gasteiger charge is 2.14. The van der Waals surface area contributed by atoms with Crippen LogP contribution in [0.15, 0.2) is 24.4 Å². The van der Waals surface area contributed by atoms with E-state index in [-0.39, 0.29) is 21.3 Å². The minimum atomic E-state index is -0.639. The number of hydrogen-bond acceptors (Lipinski definition) is 6. The number of nitrogens with one attached hydrogen (secondary N) is 1. The highest BCUT2D eigenvalue weighted by Crippen LogP contribution is 2.21. The quantitative estimate of drug-likeness (QED) is 0.877. The Balaban J connectivity index is 2.12. The first-order chi connectivity index (χ1) is 10.0. The fraction of sp³-hybridized carbons (Fsp3) is 0.154. The third kappa shape index (κ3) is 3.34. The molecule has 2 aromatic rings. The van der Waals surface area contributed by atoms with Crippen LogP contribution in [0.3, 0.4) is 0 Å². The molecule has 21 heavy (non-hydrogen) atoms. The monoisotopic (exact) mass is 310 g/mol. The number of carbonyl (C=O) groups excluding carboxylic acids is 2. The van der Waals surface area contributed by atoms with Crippen molar-refractivity contribution in [2.75, 3.05) is 19.5 Å². The van der Waals surface area contributed by atoms with Crippen molar-refractivity contribution in [2.45, 2.75) is 0 Å². The van der Waals surface area contributed by atoms with Crippen LogP contribution in [-0.4, -0.2) is 31.1 Å². The predicted octanol–water partition coefficient (Wildman–Crippen LogP) is 2.33. The van der Waals surface area contributed by atoms with Crippen molar-refractivity contribution in [1.29, 1.82) is 0 Å². The maximum atomic E-state index is 13.5. The topological polar surface area (TPSA) is 77.5 Å². The zero-order chi connectivity index (χ0) is 15.4. The Bertz CT molecular complexity index is 687. The van der Waals surface area contributed by atoms with Gasteiger partial charge in [-0.1, -0.05) is 11.3 Å². The van der Waals surface area contributed by atoms with Crippen LogP contribution in [0.2, 0.25) is 0 Å². The number of hydrogen-bond donors (Lipinski definition) is 1. The van der Waals surface area contributed by atoms with Gasteiger partial charge in [-0.2, -0.15) is 0 Å². The van der Waals surface area contributed by atoms with Crippen LogP contribution in [0.25, 0.3) is 0 Å². The normalized spacial score (nSPS) is 10.0. The Morgan fingerprint density at radius 2 is 2.10 bits per heavy atom. The van der Waals surface area contributed by atoms with Crippen molar-refractivity contribution in [2.24, 2.45) is 0 Å². The van der Waals surface area contributed by atoms with E-state index >= 15 is 0 Å². The van der Waals surface area contributed by atoms with Crippen molar-refractivity contribution in [3.63, 3.8) is 0 Å². The molecule has 0 unspecified atom stereocenters. The van der Waals surface area contributed by atoms with E-state index in [0.717, 1.165) is 17.4 Å². The van der Waals surface area contributed by atoms with Crippen molar-refractivity contribution in [3.8, 4) is 5.75 Å². The van der Waals surface area contributed by atoms with Crippen molar-refractivity contribution < 1.29 is 23.5 Å². The number of rotatable bonds is 4. The lowest BCUT2D eigenvalue weighted by Crippen LogP contribution is -2.12. The highest BCUT2D eigenvalue weighted by molar-refractivity contribution is 7.17. The van der Waals surface area contributed by atoms with Crippen LogP contribution in [0.1, 0.15) is 20.0 Å². The zero-order valence-electron chi connectivity index (χ0n) is 11.2. The van der Waals surface area contributed by atoms with Crippen molar-refractivity contribution >= 4 is 28.3 Å². The minimum Gasteiger partial charge on any atom is -0.494 e. The Morgan fingerprint density at radius 3 is 2.71 bits per heavy atom. The van der Waals surface area contributed by atoms with Gasteiger partial charge in [0.25, 0.3) is 5.91 Å². The number of carbonyl (C=O) groups is 2. The molecule has 1 aromatic carbocycles. The van der Waals surface area contributed by atoms with Gasteiger partial charge < -0.3 is 9.47 Å². The van der Waals surface area contributed by atoms with E-state index in [0.29, 0.717) is 0 Å². The van der Waals surface area contributed by atoms with Crippen molar-refractivity contribution in [3.05, 3.63) is 40.7 Å². The summed E-state index contributed by atoms with van der Waals surface area (Å²) in [7, 11) is 2.59. The molecule has 1 N–H and O–H groups in total. The second kappa shape index (κ2) is 6.31. The molecular formula is C13H11FN2O4S. The van der Waals surface area contributed by atoms with E-state index in [9.17, 15) is 14.0 Å². The molecule has 0 atom stereocenters. The van der Waals surface area contributed by atoms with E-state index in [2.05, 4.69) is 15.0 Å². The van der Waals surface area contributed by atoms with Crippen LogP contribution in [-0.2, 0) is 4.74 Å². The first-order valence-electron chi connectivity index (χ1n) is 5.74. The van der Waals surface area contributed by atoms with Gasteiger partial charge in [-0.15, -0.1) is 0 Å². The molecule has 1 amide bonds. The second-order valence-electron chi connectivity index (χ2n) is 3.82. The summed E-state index contributed by atoms with van der Waals surface area (Å²) < 4.78 is 22.8. The average Bonchev–Trinajstić information content (AvgIpc) is 2.94. The van der Waals surface area contributed by atoms with Gasteiger partial charge in [-0.25, -0.2) is 14.2 Å². The number of ether oxygens (including phenoxy) is 2. The lowest BCUT2D eigenvalue weighted by atomic mass is 10.2.